The maximum Gasteiger partial charge on any atom is 0.310 e. The number of nitrogens with zero attached hydrogens (tertiary/aromatic N) is 1. The highest BCUT2D eigenvalue weighted by Gasteiger charge is 2.14. The van der Waals surface area contributed by atoms with Crippen molar-refractivity contribution >= 4 is 21.4 Å². The Labute approximate surface area is 120 Å². The van der Waals surface area contributed by atoms with Gasteiger partial charge < -0.3 is 9.47 Å². The molecule has 0 amide bonds. The normalized spacial score (nSPS) is 11.3. The molecule has 1 aromatic carbocycles. The summed E-state index contributed by atoms with van der Waals surface area (Å²) < 4.78 is 12.7. The van der Waals surface area contributed by atoms with Crippen molar-refractivity contribution in [3.8, 4) is 0 Å². The van der Waals surface area contributed by atoms with Crippen molar-refractivity contribution in [1.29, 1.82) is 0 Å². The van der Waals surface area contributed by atoms with Crippen molar-refractivity contribution in [3.63, 3.8) is 0 Å². The number of rotatable bonds is 6. The number of hydrogen-bond donors (Lipinski definition) is 0. The Hall–Kier alpha value is -1.50. The van der Waals surface area contributed by atoms with Crippen LogP contribution in [0.3, 0.4) is 0 Å². The summed E-state index contributed by atoms with van der Waals surface area (Å²) in [4.78, 5) is 24.1. The zero-order valence-electron chi connectivity index (χ0n) is 11.5. The lowest BCUT2D eigenvalue weighted by Gasteiger charge is -2.17. The van der Waals surface area contributed by atoms with Gasteiger partial charge in [-0.1, -0.05) is 23.5 Å². The molecule has 0 saturated carbocycles. The maximum atomic E-state index is 12.4. The molecule has 2 rings (SSSR count). The molecule has 0 N–H and O–H groups in total. The predicted octanol–water partition coefficient (Wildman–Crippen LogP) is 1.82. The topological polar surface area (TPSA) is 57.5 Å². The Balaban J connectivity index is 2.43. The number of benzene rings is 1. The van der Waals surface area contributed by atoms with Crippen molar-refractivity contribution in [2.45, 2.75) is 26.7 Å². The fourth-order valence-corrected chi connectivity index (χ4v) is 2.81. The van der Waals surface area contributed by atoms with Gasteiger partial charge in [0, 0.05) is 17.9 Å². The lowest BCUT2D eigenvalue weighted by molar-refractivity contribution is -0.144. The van der Waals surface area contributed by atoms with Crippen LogP contribution in [0.15, 0.2) is 33.9 Å². The summed E-state index contributed by atoms with van der Waals surface area (Å²) in [5, 5.41) is 0.545. The van der Waals surface area contributed by atoms with Gasteiger partial charge in [0.05, 0.1) is 11.9 Å². The highest BCUT2D eigenvalue weighted by Crippen LogP contribution is 2.11. The second-order valence-corrected chi connectivity index (χ2v) is 5.11. The Morgan fingerprint density at radius 3 is 2.45 bits per heavy atom. The lowest BCUT2D eigenvalue weighted by atomic mass is 10.3. The summed E-state index contributed by atoms with van der Waals surface area (Å²) in [6.07, 6.45) is -0.580. The van der Waals surface area contributed by atoms with Gasteiger partial charge in [0.25, 0.3) is 5.56 Å². The maximum absolute atomic E-state index is 12.4. The smallest absolute Gasteiger partial charge is 0.310 e. The van der Waals surface area contributed by atoms with Gasteiger partial charge in [-0.15, -0.1) is 0 Å². The quantitative estimate of drug-likeness (QED) is 0.763. The van der Waals surface area contributed by atoms with E-state index in [9.17, 15) is 9.59 Å². The van der Waals surface area contributed by atoms with Crippen LogP contribution < -0.4 is 10.4 Å². The van der Waals surface area contributed by atoms with E-state index in [0.29, 0.717) is 23.3 Å². The average molecular weight is 295 g/mol. The summed E-state index contributed by atoms with van der Waals surface area (Å²) in [5.41, 5.74) is -0.297. The highest BCUT2D eigenvalue weighted by atomic mass is 32.1. The van der Waals surface area contributed by atoms with Crippen LogP contribution in [-0.2, 0) is 16.0 Å². The standard InChI is InChI=1S/C14H17NO4S/c1-3-18-12(19-4-2)9-15-13(16)10-7-5-6-8-11(10)20-14(15)17/h5-8,12H,3-4,9H2,1-2H3. The molecule has 0 aliphatic rings. The van der Waals surface area contributed by atoms with E-state index < -0.39 is 6.29 Å². The van der Waals surface area contributed by atoms with Gasteiger partial charge in [0.1, 0.15) is 0 Å². The van der Waals surface area contributed by atoms with Crippen molar-refractivity contribution in [2.24, 2.45) is 0 Å². The highest BCUT2D eigenvalue weighted by molar-refractivity contribution is 7.16. The summed E-state index contributed by atoms with van der Waals surface area (Å²) in [5.74, 6) is 0. The van der Waals surface area contributed by atoms with Crippen molar-refractivity contribution < 1.29 is 9.47 Å². The molecule has 0 bridgehead atoms. The minimum absolute atomic E-state index is 0.112. The van der Waals surface area contributed by atoms with E-state index in [4.69, 9.17) is 9.47 Å². The van der Waals surface area contributed by atoms with Crippen LogP contribution in [0, 0.1) is 0 Å². The molecular formula is C14H17NO4S. The van der Waals surface area contributed by atoms with Crippen LogP contribution in [0.1, 0.15) is 13.8 Å². The molecule has 0 spiro atoms. The van der Waals surface area contributed by atoms with Gasteiger partial charge in [-0.2, -0.15) is 0 Å². The van der Waals surface area contributed by atoms with Gasteiger partial charge in [-0.3, -0.25) is 14.2 Å². The molecule has 0 fully saturated rings. The largest absolute Gasteiger partial charge is 0.351 e. The molecule has 6 heteroatoms. The minimum Gasteiger partial charge on any atom is -0.351 e. The van der Waals surface area contributed by atoms with E-state index in [0.717, 1.165) is 11.3 Å². The van der Waals surface area contributed by atoms with Gasteiger partial charge in [-0.25, -0.2) is 0 Å². The number of aromatic nitrogens is 1. The third-order valence-corrected chi connectivity index (χ3v) is 3.79. The van der Waals surface area contributed by atoms with Gasteiger partial charge >= 0.3 is 4.87 Å². The predicted molar refractivity (Wildman–Crippen MR) is 79.4 cm³/mol. The van der Waals surface area contributed by atoms with Crippen molar-refractivity contribution in [2.75, 3.05) is 13.2 Å². The second-order valence-electron chi connectivity index (χ2n) is 4.12. The summed E-state index contributed by atoms with van der Waals surface area (Å²) in [6.45, 7) is 4.72. The number of hydrogen-bond acceptors (Lipinski definition) is 5. The van der Waals surface area contributed by atoms with Crippen LogP contribution in [0.5, 0.6) is 0 Å². The molecular weight excluding hydrogens is 278 g/mol. The average Bonchev–Trinajstić information content (AvgIpc) is 2.44. The van der Waals surface area contributed by atoms with Gasteiger partial charge in [0.15, 0.2) is 6.29 Å². The molecule has 0 aliphatic carbocycles. The van der Waals surface area contributed by atoms with Crippen molar-refractivity contribution in [1.82, 2.24) is 4.57 Å². The Morgan fingerprint density at radius 2 is 1.80 bits per heavy atom. The third-order valence-electron chi connectivity index (χ3n) is 2.82. The fraction of sp³-hybridized carbons (Fsp3) is 0.429. The molecule has 0 saturated heterocycles. The van der Waals surface area contributed by atoms with Gasteiger partial charge in [-0.05, 0) is 26.0 Å². The molecule has 5 nitrogen and oxygen atoms in total. The first-order valence-corrected chi connectivity index (χ1v) is 7.35. The summed E-state index contributed by atoms with van der Waals surface area (Å²) in [6, 6.07) is 7.09. The molecule has 108 valence electrons. The zero-order valence-corrected chi connectivity index (χ0v) is 12.3. The van der Waals surface area contributed by atoms with E-state index in [1.165, 1.54) is 4.57 Å². The summed E-state index contributed by atoms with van der Waals surface area (Å²) in [7, 11) is 0. The first-order chi connectivity index (χ1) is 9.67. The zero-order chi connectivity index (χ0) is 14.5. The molecule has 1 aromatic heterocycles. The first-order valence-electron chi connectivity index (χ1n) is 6.53. The van der Waals surface area contributed by atoms with Crippen LogP contribution in [0.25, 0.3) is 10.1 Å². The van der Waals surface area contributed by atoms with E-state index in [1.807, 2.05) is 19.9 Å². The van der Waals surface area contributed by atoms with E-state index in [-0.39, 0.29) is 17.0 Å². The van der Waals surface area contributed by atoms with Crippen LogP contribution in [0.2, 0.25) is 0 Å². The lowest BCUT2D eigenvalue weighted by Crippen LogP contribution is -2.37. The Kier molecular flexibility index (Phi) is 5.05. The molecule has 1 heterocycles. The first kappa shape index (κ1) is 14.9. The molecule has 0 unspecified atom stereocenters. The second kappa shape index (κ2) is 6.78. The van der Waals surface area contributed by atoms with Crippen molar-refractivity contribution in [3.05, 3.63) is 44.3 Å². The third kappa shape index (κ3) is 3.15. The van der Waals surface area contributed by atoms with E-state index >= 15 is 0 Å². The number of ether oxygens (including phenoxy) is 2. The number of fused-ring (bicyclic) bond motifs is 1. The van der Waals surface area contributed by atoms with Crippen LogP contribution in [-0.4, -0.2) is 24.1 Å². The Bertz CT molecular complexity index is 685. The van der Waals surface area contributed by atoms with E-state index in [2.05, 4.69) is 0 Å². The fourth-order valence-electron chi connectivity index (χ4n) is 1.94. The van der Waals surface area contributed by atoms with Crippen LogP contribution in [0.4, 0.5) is 0 Å². The molecule has 0 radical (unpaired) electrons. The molecule has 20 heavy (non-hydrogen) atoms. The summed E-state index contributed by atoms with van der Waals surface area (Å²) >= 11 is 1.06. The molecule has 2 aromatic rings. The SMILES string of the molecule is CCOC(Cn1c(=O)sc2ccccc2c1=O)OCC. The van der Waals surface area contributed by atoms with E-state index in [1.54, 1.807) is 18.2 Å². The molecule has 0 aliphatic heterocycles. The minimum atomic E-state index is -0.580. The molecule has 0 atom stereocenters. The monoisotopic (exact) mass is 295 g/mol. The Morgan fingerprint density at radius 1 is 1.15 bits per heavy atom. The van der Waals surface area contributed by atoms with Gasteiger partial charge in [0.2, 0.25) is 0 Å². The van der Waals surface area contributed by atoms with Crippen LogP contribution >= 0.6 is 11.3 Å².